The maximum atomic E-state index is 14.3. The van der Waals surface area contributed by atoms with Crippen LogP contribution in [0.4, 0.5) is 16.2 Å². The first kappa shape index (κ1) is 17.8. The lowest BCUT2D eigenvalue weighted by Gasteiger charge is -2.27. The minimum Gasteiger partial charge on any atom is -0.384 e. The molecule has 28 heavy (non-hydrogen) atoms. The fourth-order valence-corrected chi connectivity index (χ4v) is 2.96. The number of hydrogen-bond donors (Lipinski definition) is 1. The molecule has 4 heterocycles. The number of morpholine rings is 1. The quantitative estimate of drug-likeness (QED) is 0.690. The molecule has 0 unspecified atom stereocenters. The van der Waals surface area contributed by atoms with E-state index in [0.717, 1.165) is 0 Å². The molecule has 1 aliphatic rings. The molecular weight excluding hydrogens is 361 g/mol. The van der Waals surface area contributed by atoms with Crippen LogP contribution in [0.3, 0.4) is 0 Å². The number of anilines is 2. The number of nitrogens with two attached hydrogens (primary N) is 1. The van der Waals surface area contributed by atoms with Crippen molar-refractivity contribution in [1.82, 2.24) is 19.9 Å². The lowest BCUT2D eigenvalue weighted by molar-refractivity contribution is 0.122. The molecule has 0 aromatic carbocycles. The van der Waals surface area contributed by atoms with E-state index in [1.807, 2.05) is 4.90 Å². The van der Waals surface area contributed by atoms with E-state index >= 15 is 0 Å². The van der Waals surface area contributed by atoms with Gasteiger partial charge in [-0.05, 0) is 24.3 Å². The topological polar surface area (TPSA) is 114 Å². The number of nitrogens with zero attached hydrogens (tertiary/aromatic N) is 6. The summed E-state index contributed by atoms with van der Waals surface area (Å²) in [6.45, 7) is 2.33. The smallest absolute Gasteiger partial charge is 0.226 e. The molecule has 2 N–H and O–H groups in total. The van der Waals surface area contributed by atoms with Crippen LogP contribution in [-0.2, 0) is 4.74 Å². The van der Waals surface area contributed by atoms with Crippen LogP contribution in [0.1, 0.15) is 5.56 Å². The fraction of sp³-hybridized carbons (Fsp3) is 0.211. The van der Waals surface area contributed by atoms with Crippen LogP contribution in [0, 0.1) is 17.3 Å². The van der Waals surface area contributed by atoms with E-state index in [-0.39, 0.29) is 11.4 Å². The van der Waals surface area contributed by atoms with E-state index in [9.17, 15) is 9.65 Å². The number of rotatable bonds is 3. The van der Waals surface area contributed by atoms with Gasteiger partial charge in [-0.25, -0.2) is 19.9 Å². The van der Waals surface area contributed by atoms with Crippen LogP contribution < -0.4 is 10.6 Å². The monoisotopic (exact) mass is 377 g/mol. The number of aromatic nitrogens is 4. The molecule has 3 aromatic rings. The van der Waals surface area contributed by atoms with E-state index in [2.05, 4.69) is 26.0 Å². The summed E-state index contributed by atoms with van der Waals surface area (Å²) >= 11 is 0. The summed E-state index contributed by atoms with van der Waals surface area (Å²) in [5.41, 5.74) is 7.61. The second kappa shape index (κ2) is 7.54. The second-order valence-electron chi connectivity index (χ2n) is 6.15. The molecule has 1 saturated heterocycles. The average Bonchev–Trinajstić information content (AvgIpc) is 2.74. The maximum Gasteiger partial charge on any atom is 0.226 e. The molecule has 0 bridgehead atoms. The summed E-state index contributed by atoms with van der Waals surface area (Å²) in [5, 5.41) is 9.48. The summed E-state index contributed by atoms with van der Waals surface area (Å²) < 4.78 is 19.7. The van der Waals surface area contributed by atoms with Gasteiger partial charge in [0.05, 0.1) is 35.7 Å². The Morgan fingerprint density at radius 3 is 2.57 bits per heavy atom. The van der Waals surface area contributed by atoms with Crippen LogP contribution in [0.5, 0.6) is 0 Å². The van der Waals surface area contributed by atoms with Crippen molar-refractivity contribution in [2.75, 3.05) is 36.9 Å². The zero-order valence-electron chi connectivity index (χ0n) is 14.8. The summed E-state index contributed by atoms with van der Waals surface area (Å²) in [7, 11) is 0. The third-order valence-corrected chi connectivity index (χ3v) is 4.36. The summed E-state index contributed by atoms with van der Waals surface area (Å²) in [5.74, 6) is 0.0390. The van der Waals surface area contributed by atoms with Gasteiger partial charge in [0.2, 0.25) is 11.9 Å². The minimum absolute atomic E-state index is 0.237. The number of nitrogen functional groups attached to an aromatic ring is 1. The van der Waals surface area contributed by atoms with Crippen molar-refractivity contribution in [3.8, 4) is 28.6 Å². The molecule has 8 nitrogen and oxygen atoms in total. The van der Waals surface area contributed by atoms with Gasteiger partial charge >= 0.3 is 0 Å². The number of nitriles is 1. The van der Waals surface area contributed by atoms with Crippen molar-refractivity contribution in [2.45, 2.75) is 0 Å². The number of halogens is 1. The van der Waals surface area contributed by atoms with Crippen LogP contribution in [0.2, 0.25) is 0 Å². The zero-order valence-corrected chi connectivity index (χ0v) is 14.8. The van der Waals surface area contributed by atoms with Crippen LogP contribution in [-0.4, -0.2) is 46.2 Å². The highest BCUT2D eigenvalue weighted by Crippen LogP contribution is 2.29. The lowest BCUT2D eigenvalue weighted by atomic mass is 10.1. The predicted molar refractivity (Wildman–Crippen MR) is 101 cm³/mol. The number of pyridine rings is 2. The predicted octanol–water partition coefficient (Wildman–Crippen LogP) is 2.03. The Kier molecular flexibility index (Phi) is 4.78. The SMILES string of the molecule is N#Cc1cc(N)ncc1-c1cc(-c2cccnc2F)nc(N2CCOCC2)n1. The van der Waals surface area contributed by atoms with E-state index in [1.165, 1.54) is 18.5 Å². The van der Waals surface area contributed by atoms with Crippen LogP contribution in [0.25, 0.3) is 22.5 Å². The van der Waals surface area contributed by atoms with Gasteiger partial charge in [0.25, 0.3) is 0 Å². The van der Waals surface area contributed by atoms with E-state index in [0.29, 0.717) is 54.8 Å². The third-order valence-electron chi connectivity index (χ3n) is 4.36. The van der Waals surface area contributed by atoms with Crippen LogP contribution in [0.15, 0.2) is 36.7 Å². The molecule has 9 heteroatoms. The lowest BCUT2D eigenvalue weighted by Crippen LogP contribution is -2.37. The van der Waals surface area contributed by atoms with E-state index < -0.39 is 5.95 Å². The highest BCUT2D eigenvalue weighted by atomic mass is 19.1. The third kappa shape index (κ3) is 3.45. The Morgan fingerprint density at radius 1 is 1.11 bits per heavy atom. The van der Waals surface area contributed by atoms with Gasteiger partial charge in [0.15, 0.2) is 0 Å². The van der Waals surface area contributed by atoms with Gasteiger partial charge in [-0.15, -0.1) is 0 Å². The molecule has 3 aromatic heterocycles. The fourth-order valence-electron chi connectivity index (χ4n) is 2.96. The van der Waals surface area contributed by atoms with Crippen molar-refractivity contribution < 1.29 is 9.13 Å². The van der Waals surface area contributed by atoms with E-state index in [1.54, 1.807) is 18.2 Å². The molecule has 1 fully saturated rings. The molecule has 0 aliphatic carbocycles. The second-order valence-corrected chi connectivity index (χ2v) is 6.15. The molecule has 140 valence electrons. The van der Waals surface area contributed by atoms with Gasteiger partial charge < -0.3 is 15.4 Å². The molecule has 0 radical (unpaired) electrons. The standard InChI is InChI=1S/C19H16FN7O/c20-18-13(2-1-3-23-18)15-9-16(14-11-24-17(22)8-12(14)10-21)26-19(25-15)27-4-6-28-7-5-27/h1-3,8-9,11H,4-7H2,(H2,22,24). The van der Waals surface area contributed by atoms with Crippen molar-refractivity contribution in [2.24, 2.45) is 0 Å². The molecular formula is C19H16FN7O. The maximum absolute atomic E-state index is 14.3. The molecule has 0 amide bonds. The first-order valence-electron chi connectivity index (χ1n) is 8.64. The Labute approximate surface area is 160 Å². The average molecular weight is 377 g/mol. The van der Waals surface area contributed by atoms with Gasteiger partial charge in [-0.2, -0.15) is 9.65 Å². The first-order chi connectivity index (χ1) is 13.7. The van der Waals surface area contributed by atoms with Gasteiger partial charge in [0.1, 0.15) is 11.9 Å². The Morgan fingerprint density at radius 2 is 1.86 bits per heavy atom. The first-order valence-corrected chi connectivity index (χ1v) is 8.64. The normalized spacial score (nSPS) is 13.9. The minimum atomic E-state index is -0.629. The Balaban J connectivity index is 1.90. The van der Waals surface area contributed by atoms with Crippen molar-refractivity contribution in [3.05, 3.63) is 48.2 Å². The Bertz CT molecular complexity index is 1060. The highest BCUT2D eigenvalue weighted by Gasteiger charge is 2.19. The van der Waals surface area contributed by atoms with Gasteiger partial charge in [0, 0.05) is 31.0 Å². The largest absolute Gasteiger partial charge is 0.384 e. The Hall–Kier alpha value is -3.64. The van der Waals surface area contributed by atoms with Gasteiger partial charge in [-0.3, -0.25) is 0 Å². The van der Waals surface area contributed by atoms with Crippen molar-refractivity contribution >= 4 is 11.8 Å². The summed E-state index contributed by atoms with van der Waals surface area (Å²) in [6, 6.07) is 8.45. The molecule has 0 spiro atoms. The summed E-state index contributed by atoms with van der Waals surface area (Å²) in [6.07, 6.45) is 2.87. The number of ether oxygens (including phenoxy) is 1. The zero-order chi connectivity index (χ0) is 19.5. The molecule has 0 saturated carbocycles. The van der Waals surface area contributed by atoms with Crippen LogP contribution >= 0.6 is 0 Å². The van der Waals surface area contributed by atoms with Gasteiger partial charge in [-0.1, -0.05) is 0 Å². The molecule has 0 atom stereocenters. The summed E-state index contributed by atoms with van der Waals surface area (Å²) in [4.78, 5) is 18.9. The molecule has 1 aliphatic heterocycles. The highest BCUT2D eigenvalue weighted by molar-refractivity contribution is 5.73. The van der Waals surface area contributed by atoms with Crippen molar-refractivity contribution in [3.63, 3.8) is 0 Å². The molecule has 4 rings (SSSR count). The number of hydrogen-bond acceptors (Lipinski definition) is 8. The van der Waals surface area contributed by atoms with Crippen molar-refractivity contribution in [1.29, 1.82) is 5.26 Å². The van der Waals surface area contributed by atoms with E-state index in [4.69, 9.17) is 10.5 Å².